The van der Waals surface area contributed by atoms with Crippen LogP contribution in [0, 0.1) is 5.82 Å². The van der Waals surface area contributed by atoms with Gasteiger partial charge in [0.2, 0.25) is 0 Å². The van der Waals surface area contributed by atoms with E-state index in [0.29, 0.717) is 5.56 Å². The van der Waals surface area contributed by atoms with Gasteiger partial charge in [0, 0.05) is 11.8 Å². The van der Waals surface area contributed by atoms with Crippen molar-refractivity contribution in [1.82, 2.24) is 9.97 Å². The van der Waals surface area contributed by atoms with Crippen LogP contribution in [0.1, 0.15) is 35.5 Å². The van der Waals surface area contributed by atoms with Crippen LogP contribution in [0.5, 0.6) is 5.75 Å². The molecule has 2 aromatic carbocycles. The van der Waals surface area contributed by atoms with E-state index in [2.05, 4.69) is 9.97 Å². The second-order valence-electron chi connectivity index (χ2n) is 5.83. The maximum absolute atomic E-state index is 14.0. The van der Waals surface area contributed by atoms with Gasteiger partial charge in [-0.3, -0.25) is 9.97 Å². The summed E-state index contributed by atoms with van der Waals surface area (Å²) in [6.45, 7) is 3.95. The van der Waals surface area contributed by atoms with Crippen molar-refractivity contribution in [2.24, 2.45) is 0 Å². The second-order valence-corrected chi connectivity index (χ2v) is 5.83. The summed E-state index contributed by atoms with van der Waals surface area (Å²) in [5.74, 6) is -1.22. The van der Waals surface area contributed by atoms with Crippen LogP contribution in [0.25, 0.3) is 11.3 Å². The Kier molecular flexibility index (Phi) is 5.37. The summed E-state index contributed by atoms with van der Waals surface area (Å²) in [4.78, 5) is 20.9. The molecule has 5 heteroatoms. The maximum Gasteiger partial charge on any atom is 0.343 e. The minimum atomic E-state index is -0.605. The monoisotopic (exact) mass is 350 g/mol. The topological polar surface area (TPSA) is 52.1 Å². The predicted octanol–water partition coefficient (Wildman–Crippen LogP) is 4.63. The third-order valence-electron chi connectivity index (χ3n) is 4.09. The largest absolute Gasteiger partial charge is 0.420 e. The van der Waals surface area contributed by atoms with Crippen molar-refractivity contribution in [2.75, 3.05) is 0 Å². The number of hydrogen-bond donors (Lipinski definition) is 0. The SMILES string of the molecule is CCc1ccc(OC(=O)c2ccc(-c3cnc(CC)cn3)cc2)c(F)c1. The van der Waals surface area contributed by atoms with Crippen molar-refractivity contribution >= 4 is 5.97 Å². The van der Waals surface area contributed by atoms with Gasteiger partial charge < -0.3 is 4.74 Å². The lowest BCUT2D eigenvalue weighted by atomic mass is 10.1. The Morgan fingerprint density at radius 1 is 1.00 bits per heavy atom. The normalized spacial score (nSPS) is 10.6. The number of carbonyl (C=O) groups is 1. The van der Waals surface area contributed by atoms with Crippen LogP contribution in [0.3, 0.4) is 0 Å². The Morgan fingerprint density at radius 2 is 1.77 bits per heavy atom. The van der Waals surface area contributed by atoms with Crippen LogP contribution < -0.4 is 4.74 Å². The van der Waals surface area contributed by atoms with Crippen LogP contribution in [-0.4, -0.2) is 15.9 Å². The van der Waals surface area contributed by atoms with Crippen LogP contribution in [-0.2, 0) is 12.8 Å². The summed E-state index contributed by atoms with van der Waals surface area (Å²) in [6.07, 6.45) is 4.99. The van der Waals surface area contributed by atoms with Crippen molar-refractivity contribution in [2.45, 2.75) is 26.7 Å². The van der Waals surface area contributed by atoms with E-state index in [1.807, 2.05) is 13.8 Å². The first-order valence-corrected chi connectivity index (χ1v) is 8.52. The van der Waals surface area contributed by atoms with Crippen molar-refractivity contribution in [1.29, 1.82) is 0 Å². The molecule has 0 aliphatic rings. The van der Waals surface area contributed by atoms with Gasteiger partial charge in [0.25, 0.3) is 0 Å². The molecule has 3 rings (SSSR count). The standard InChI is InChI=1S/C21H19FN2O2/c1-3-14-5-10-20(18(22)11-14)26-21(25)16-8-6-15(7-9-16)19-13-23-17(4-2)12-24-19/h5-13H,3-4H2,1-2H3. The Bertz CT molecular complexity index is 906. The molecular weight excluding hydrogens is 331 g/mol. The molecule has 1 heterocycles. The fraction of sp³-hybridized carbons (Fsp3) is 0.190. The molecule has 0 saturated heterocycles. The molecule has 0 amide bonds. The lowest BCUT2D eigenvalue weighted by Gasteiger charge is -2.07. The number of aromatic nitrogens is 2. The molecule has 0 bridgehead atoms. The number of ether oxygens (including phenoxy) is 1. The van der Waals surface area contributed by atoms with Gasteiger partial charge in [-0.05, 0) is 42.7 Å². The van der Waals surface area contributed by atoms with Crippen LogP contribution >= 0.6 is 0 Å². The molecule has 0 radical (unpaired) electrons. The number of aryl methyl sites for hydroxylation is 2. The Hall–Kier alpha value is -3.08. The maximum atomic E-state index is 14.0. The molecular formula is C21H19FN2O2. The van der Waals surface area contributed by atoms with Crippen LogP contribution in [0.2, 0.25) is 0 Å². The fourth-order valence-electron chi connectivity index (χ4n) is 2.47. The van der Waals surface area contributed by atoms with E-state index in [-0.39, 0.29) is 5.75 Å². The summed E-state index contributed by atoms with van der Waals surface area (Å²) < 4.78 is 19.1. The molecule has 0 atom stereocenters. The van der Waals surface area contributed by atoms with Crippen molar-refractivity contribution < 1.29 is 13.9 Å². The average molecular weight is 350 g/mol. The van der Waals surface area contributed by atoms with Crippen LogP contribution in [0.4, 0.5) is 4.39 Å². The highest BCUT2D eigenvalue weighted by Crippen LogP contribution is 2.21. The van der Waals surface area contributed by atoms with E-state index in [4.69, 9.17) is 4.74 Å². The van der Waals surface area contributed by atoms with Gasteiger partial charge in [-0.25, -0.2) is 9.18 Å². The number of halogens is 1. The molecule has 132 valence electrons. The number of hydrogen-bond acceptors (Lipinski definition) is 4. The quantitative estimate of drug-likeness (QED) is 0.497. The number of benzene rings is 2. The Balaban J connectivity index is 1.74. The average Bonchev–Trinajstić information content (AvgIpc) is 2.69. The van der Waals surface area contributed by atoms with Crippen molar-refractivity contribution in [3.63, 3.8) is 0 Å². The third kappa shape index (κ3) is 3.94. The summed E-state index contributed by atoms with van der Waals surface area (Å²) in [6, 6.07) is 11.4. The third-order valence-corrected chi connectivity index (χ3v) is 4.09. The molecule has 4 nitrogen and oxygen atoms in total. The fourth-order valence-corrected chi connectivity index (χ4v) is 2.47. The van der Waals surface area contributed by atoms with Gasteiger partial charge in [0.15, 0.2) is 11.6 Å². The summed E-state index contributed by atoms with van der Waals surface area (Å²) in [5.41, 5.74) is 3.68. The van der Waals surface area contributed by atoms with Crippen molar-refractivity contribution in [3.05, 3.63) is 77.5 Å². The summed E-state index contributed by atoms with van der Waals surface area (Å²) >= 11 is 0. The number of rotatable bonds is 5. The molecule has 0 unspecified atom stereocenters. The first-order valence-electron chi connectivity index (χ1n) is 8.52. The molecule has 0 spiro atoms. The van der Waals surface area contributed by atoms with Gasteiger partial charge in [-0.15, -0.1) is 0 Å². The Morgan fingerprint density at radius 3 is 2.35 bits per heavy atom. The smallest absolute Gasteiger partial charge is 0.343 e. The van der Waals surface area contributed by atoms with E-state index in [1.165, 1.54) is 12.1 Å². The molecule has 1 aromatic heterocycles. The first-order chi connectivity index (χ1) is 12.6. The summed E-state index contributed by atoms with van der Waals surface area (Å²) in [7, 11) is 0. The highest BCUT2D eigenvalue weighted by molar-refractivity contribution is 5.91. The lowest BCUT2D eigenvalue weighted by Crippen LogP contribution is -2.09. The first kappa shape index (κ1) is 17.7. The Labute approximate surface area is 151 Å². The van der Waals surface area contributed by atoms with E-state index in [0.717, 1.165) is 35.4 Å². The zero-order chi connectivity index (χ0) is 18.5. The molecule has 0 saturated carbocycles. The van der Waals surface area contributed by atoms with E-state index in [9.17, 15) is 9.18 Å². The second kappa shape index (κ2) is 7.87. The highest BCUT2D eigenvalue weighted by Gasteiger charge is 2.13. The molecule has 0 aliphatic carbocycles. The van der Waals surface area contributed by atoms with E-state index >= 15 is 0 Å². The predicted molar refractivity (Wildman–Crippen MR) is 97.6 cm³/mol. The number of nitrogens with zero attached hydrogens (tertiary/aromatic N) is 2. The molecule has 3 aromatic rings. The van der Waals surface area contributed by atoms with E-state index in [1.54, 1.807) is 42.7 Å². The van der Waals surface area contributed by atoms with Gasteiger partial charge in [-0.1, -0.05) is 32.0 Å². The minimum absolute atomic E-state index is 0.0719. The molecule has 0 fully saturated rings. The molecule has 26 heavy (non-hydrogen) atoms. The summed E-state index contributed by atoms with van der Waals surface area (Å²) in [5, 5.41) is 0. The molecule has 0 aliphatic heterocycles. The highest BCUT2D eigenvalue weighted by atomic mass is 19.1. The number of carbonyl (C=O) groups excluding carboxylic acids is 1. The zero-order valence-corrected chi connectivity index (χ0v) is 14.7. The van der Waals surface area contributed by atoms with E-state index < -0.39 is 11.8 Å². The van der Waals surface area contributed by atoms with Gasteiger partial charge in [-0.2, -0.15) is 0 Å². The number of esters is 1. The minimum Gasteiger partial charge on any atom is -0.420 e. The lowest BCUT2D eigenvalue weighted by molar-refractivity contribution is 0.0728. The molecule has 0 N–H and O–H groups in total. The van der Waals surface area contributed by atoms with Gasteiger partial charge >= 0.3 is 5.97 Å². The van der Waals surface area contributed by atoms with Crippen molar-refractivity contribution in [3.8, 4) is 17.0 Å². The van der Waals surface area contributed by atoms with Gasteiger partial charge in [0.05, 0.1) is 23.1 Å². The van der Waals surface area contributed by atoms with Crippen LogP contribution in [0.15, 0.2) is 54.9 Å². The zero-order valence-electron chi connectivity index (χ0n) is 14.7. The van der Waals surface area contributed by atoms with Gasteiger partial charge in [0.1, 0.15) is 0 Å².